The summed E-state index contributed by atoms with van der Waals surface area (Å²) in [6, 6.07) is 10.9. The van der Waals surface area contributed by atoms with Gasteiger partial charge in [0.2, 0.25) is 0 Å². The highest BCUT2D eigenvalue weighted by Gasteiger charge is 2.20. The van der Waals surface area contributed by atoms with Crippen molar-refractivity contribution in [3.63, 3.8) is 0 Å². The average Bonchev–Trinajstić information content (AvgIpc) is 2.38. The van der Waals surface area contributed by atoms with E-state index in [1.165, 1.54) is 5.56 Å². The van der Waals surface area contributed by atoms with E-state index in [2.05, 4.69) is 22.8 Å². The summed E-state index contributed by atoms with van der Waals surface area (Å²) in [6.07, 6.45) is 2.65. The van der Waals surface area contributed by atoms with E-state index in [-0.39, 0.29) is 6.04 Å². The molecule has 0 atom stereocenters. The standard InChI is InChI=1S/C14H20N2O2/c17-14(18)16-13-8-6-12(7-9-13)15-10-11-4-2-1-3-5-11/h1-5,12-13,15-16H,6-10H2,(H,17,18)/p-1. The zero-order chi connectivity index (χ0) is 12.8. The Hall–Kier alpha value is -1.55. The number of carbonyl (C=O) groups is 1. The molecule has 0 spiro atoms. The molecular weight excluding hydrogens is 228 g/mol. The van der Waals surface area contributed by atoms with Crippen molar-refractivity contribution in [1.82, 2.24) is 10.6 Å². The first-order valence-corrected chi connectivity index (χ1v) is 6.49. The Kier molecular flexibility index (Phi) is 4.59. The zero-order valence-corrected chi connectivity index (χ0v) is 10.4. The minimum atomic E-state index is -1.16. The first-order chi connectivity index (χ1) is 8.74. The molecule has 0 heterocycles. The second-order valence-electron chi connectivity index (χ2n) is 4.85. The van der Waals surface area contributed by atoms with Crippen LogP contribution in [0.3, 0.4) is 0 Å². The molecule has 1 aliphatic rings. The van der Waals surface area contributed by atoms with E-state index >= 15 is 0 Å². The maximum Gasteiger partial charge on any atom is 0.134 e. The average molecular weight is 247 g/mol. The maximum atomic E-state index is 10.4. The van der Waals surface area contributed by atoms with Crippen LogP contribution in [0.25, 0.3) is 0 Å². The molecule has 98 valence electrons. The number of carboxylic acid groups (broad SMARTS) is 1. The quantitative estimate of drug-likeness (QED) is 0.835. The van der Waals surface area contributed by atoms with Crippen molar-refractivity contribution >= 4 is 6.09 Å². The van der Waals surface area contributed by atoms with Crippen LogP contribution in [0.15, 0.2) is 30.3 Å². The Bertz CT molecular complexity index is 373. The molecule has 0 bridgehead atoms. The summed E-state index contributed by atoms with van der Waals surface area (Å²) in [4.78, 5) is 10.4. The number of amides is 1. The molecule has 1 aliphatic carbocycles. The SMILES string of the molecule is O=C([O-])NC1CCC(NCc2ccccc2)CC1. The topological polar surface area (TPSA) is 64.2 Å². The van der Waals surface area contributed by atoms with Crippen LogP contribution >= 0.6 is 0 Å². The summed E-state index contributed by atoms with van der Waals surface area (Å²) in [7, 11) is 0. The fourth-order valence-corrected chi connectivity index (χ4v) is 2.47. The summed E-state index contributed by atoms with van der Waals surface area (Å²) in [5, 5.41) is 16.4. The molecular formula is C14H19N2O2-. The smallest absolute Gasteiger partial charge is 0.134 e. The van der Waals surface area contributed by atoms with Crippen molar-refractivity contribution < 1.29 is 9.90 Å². The second kappa shape index (κ2) is 6.40. The van der Waals surface area contributed by atoms with Gasteiger partial charge >= 0.3 is 0 Å². The Morgan fingerprint density at radius 1 is 1.11 bits per heavy atom. The third kappa shape index (κ3) is 4.04. The predicted molar refractivity (Wildman–Crippen MR) is 67.9 cm³/mol. The zero-order valence-electron chi connectivity index (χ0n) is 10.4. The lowest BCUT2D eigenvalue weighted by Crippen LogP contribution is -2.46. The van der Waals surface area contributed by atoms with Crippen molar-refractivity contribution in [3.8, 4) is 0 Å². The molecule has 1 aromatic carbocycles. The number of hydrogen-bond acceptors (Lipinski definition) is 3. The van der Waals surface area contributed by atoms with Gasteiger partial charge in [0.15, 0.2) is 0 Å². The third-order valence-electron chi connectivity index (χ3n) is 3.49. The van der Waals surface area contributed by atoms with Gasteiger partial charge in [-0.3, -0.25) is 0 Å². The van der Waals surface area contributed by atoms with Crippen LogP contribution in [0.1, 0.15) is 31.2 Å². The fraction of sp³-hybridized carbons (Fsp3) is 0.500. The minimum absolute atomic E-state index is 0.0739. The van der Waals surface area contributed by atoms with Gasteiger partial charge in [-0.15, -0.1) is 0 Å². The number of carbonyl (C=O) groups excluding carboxylic acids is 1. The molecule has 1 amide bonds. The van der Waals surface area contributed by atoms with E-state index in [9.17, 15) is 9.90 Å². The van der Waals surface area contributed by atoms with Crippen molar-refractivity contribution in [2.75, 3.05) is 0 Å². The third-order valence-corrected chi connectivity index (χ3v) is 3.49. The van der Waals surface area contributed by atoms with Crippen LogP contribution in [0.5, 0.6) is 0 Å². The monoisotopic (exact) mass is 247 g/mol. The summed E-state index contributed by atoms with van der Waals surface area (Å²) < 4.78 is 0. The maximum absolute atomic E-state index is 10.4. The molecule has 0 radical (unpaired) electrons. The summed E-state index contributed by atoms with van der Waals surface area (Å²) in [5.74, 6) is 0. The summed E-state index contributed by atoms with van der Waals surface area (Å²) in [6.45, 7) is 0.879. The summed E-state index contributed by atoms with van der Waals surface area (Å²) in [5.41, 5.74) is 1.28. The number of hydrogen-bond donors (Lipinski definition) is 2. The van der Waals surface area contributed by atoms with Crippen LogP contribution in [0.2, 0.25) is 0 Å². The van der Waals surface area contributed by atoms with Gasteiger partial charge in [-0.05, 0) is 31.2 Å². The highest BCUT2D eigenvalue weighted by molar-refractivity contribution is 5.62. The highest BCUT2D eigenvalue weighted by atomic mass is 16.4. The van der Waals surface area contributed by atoms with Crippen LogP contribution in [-0.4, -0.2) is 18.2 Å². The molecule has 1 aromatic rings. The summed E-state index contributed by atoms with van der Waals surface area (Å²) >= 11 is 0. The molecule has 1 saturated carbocycles. The van der Waals surface area contributed by atoms with Gasteiger partial charge in [-0.1, -0.05) is 30.3 Å². The number of nitrogens with one attached hydrogen (secondary N) is 2. The molecule has 0 unspecified atom stereocenters. The minimum Gasteiger partial charge on any atom is -0.530 e. The van der Waals surface area contributed by atoms with E-state index in [1.807, 2.05) is 18.2 Å². The molecule has 4 nitrogen and oxygen atoms in total. The van der Waals surface area contributed by atoms with Crippen LogP contribution < -0.4 is 15.7 Å². The lowest BCUT2D eigenvalue weighted by Gasteiger charge is -2.30. The normalized spacial score (nSPS) is 23.6. The van der Waals surface area contributed by atoms with Crippen LogP contribution in [-0.2, 0) is 6.54 Å². The van der Waals surface area contributed by atoms with E-state index < -0.39 is 6.09 Å². The lowest BCUT2D eigenvalue weighted by molar-refractivity contribution is -0.251. The largest absolute Gasteiger partial charge is 0.530 e. The van der Waals surface area contributed by atoms with Gasteiger partial charge < -0.3 is 20.5 Å². The van der Waals surface area contributed by atoms with E-state index in [4.69, 9.17) is 0 Å². The van der Waals surface area contributed by atoms with Gasteiger partial charge in [0, 0.05) is 18.6 Å². The Morgan fingerprint density at radius 3 is 2.33 bits per heavy atom. The van der Waals surface area contributed by atoms with Gasteiger partial charge in [-0.25, -0.2) is 0 Å². The molecule has 0 saturated heterocycles. The molecule has 0 aromatic heterocycles. The molecule has 2 rings (SSSR count). The van der Waals surface area contributed by atoms with Gasteiger partial charge in [0.05, 0.1) is 0 Å². The van der Waals surface area contributed by atoms with E-state index in [0.29, 0.717) is 6.04 Å². The van der Waals surface area contributed by atoms with Gasteiger partial charge in [0.25, 0.3) is 0 Å². The Morgan fingerprint density at radius 2 is 1.72 bits per heavy atom. The Balaban J connectivity index is 1.69. The number of benzene rings is 1. The molecule has 1 fully saturated rings. The molecule has 0 aliphatic heterocycles. The fourth-order valence-electron chi connectivity index (χ4n) is 2.47. The number of rotatable bonds is 4. The molecule has 2 N–H and O–H groups in total. The van der Waals surface area contributed by atoms with Gasteiger partial charge in [0.1, 0.15) is 6.09 Å². The van der Waals surface area contributed by atoms with Crippen LogP contribution in [0.4, 0.5) is 4.79 Å². The van der Waals surface area contributed by atoms with Crippen molar-refractivity contribution in [3.05, 3.63) is 35.9 Å². The first-order valence-electron chi connectivity index (χ1n) is 6.49. The van der Waals surface area contributed by atoms with Crippen molar-refractivity contribution in [2.45, 2.75) is 44.3 Å². The molecule has 4 heteroatoms. The van der Waals surface area contributed by atoms with Crippen LogP contribution in [0, 0.1) is 0 Å². The second-order valence-corrected chi connectivity index (χ2v) is 4.85. The Labute approximate surface area is 107 Å². The molecule has 18 heavy (non-hydrogen) atoms. The first kappa shape index (κ1) is 12.9. The van der Waals surface area contributed by atoms with Crippen molar-refractivity contribution in [1.29, 1.82) is 0 Å². The highest BCUT2D eigenvalue weighted by Crippen LogP contribution is 2.18. The van der Waals surface area contributed by atoms with E-state index in [1.54, 1.807) is 0 Å². The van der Waals surface area contributed by atoms with Crippen molar-refractivity contribution in [2.24, 2.45) is 0 Å². The predicted octanol–water partition coefficient (Wildman–Crippen LogP) is 1.02. The van der Waals surface area contributed by atoms with Gasteiger partial charge in [-0.2, -0.15) is 0 Å². The lowest BCUT2D eigenvalue weighted by atomic mass is 9.91. The van der Waals surface area contributed by atoms with E-state index in [0.717, 1.165) is 32.2 Å².